The number of fused-ring (bicyclic) bond motifs is 7. The number of aryl methyl sites for hydroxylation is 1. The van der Waals surface area contributed by atoms with Gasteiger partial charge in [-0.1, -0.05) is 142 Å². The first-order valence-corrected chi connectivity index (χ1v) is 22.5. The highest BCUT2D eigenvalue weighted by Gasteiger charge is 2.48. The van der Waals surface area contributed by atoms with Gasteiger partial charge in [-0.15, -0.1) is 11.3 Å². The second kappa shape index (κ2) is 13.0. The van der Waals surface area contributed by atoms with Gasteiger partial charge in [-0.3, -0.25) is 0 Å². The van der Waals surface area contributed by atoms with Gasteiger partial charge in [-0.25, -0.2) is 0 Å². The van der Waals surface area contributed by atoms with E-state index in [1.165, 1.54) is 112 Å². The van der Waals surface area contributed by atoms with Crippen molar-refractivity contribution < 1.29 is 0 Å². The highest BCUT2D eigenvalue weighted by Crippen LogP contribution is 2.53. The molecule has 0 saturated carbocycles. The Morgan fingerprint density at radius 1 is 0.559 bits per heavy atom. The SMILES string of the molecule is Cc1cc2c3c(c1)N(c1ccc(C(C)(C)C)cc1)c1sc4ccccc4c1B3c1cc3c(cc1N2c1ccc(C(C)(C)C)cc1-c1ccccc1)C(C)(C)CCC3(C)C. The molecule has 296 valence electrons. The van der Waals surface area contributed by atoms with E-state index in [4.69, 9.17) is 0 Å². The Morgan fingerprint density at radius 2 is 1.15 bits per heavy atom. The Balaban J connectivity index is 1.35. The number of nitrogens with zero attached hydrogens (tertiary/aromatic N) is 2. The van der Waals surface area contributed by atoms with Crippen LogP contribution in [-0.4, -0.2) is 6.71 Å². The fourth-order valence-electron chi connectivity index (χ4n) is 10.3. The van der Waals surface area contributed by atoms with Crippen molar-refractivity contribution in [2.24, 2.45) is 0 Å². The van der Waals surface area contributed by atoms with Crippen molar-refractivity contribution >= 4 is 78.0 Å². The molecule has 0 unspecified atom stereocenters. The lowest BCUT2D eigenvalue weighted by Crippen LogP contribution is -2.61. The van der Waals surface area contributed by atoms with Gasteiger partial charge in [-0.05, 0) is 145 Å². The maximum absolute atomic E-state index is 2.67. The molecule has 0 bridgehead atoms. The van der Waals surface area contributed by atoms with Crippen molar-refractivity contribution in [2.45, 2.75) is 111 Å². The molecule has 6 aromatic carbocycles. The first-order valence-electron chi connectivity index (χ1n) is 21.7. The van der Waals surface area contributed by atoms with Gasteiger partial charge in [0.15, 0.2) is 0 Å². The summed E-state index contributed by atoms with van der Waals surface area (Å²) in [6.07, 6.45) is 2.35. The maximum Gasteiger partial charge on any atom is 0.254 e. The molecule has 59 heavy (non-hydrogen) atoms. The molecule has 0 saturated heterocycles. The van der Waals surface area contributed by atoms with Crippen LogP contribution in [0.1, 0.15) is 110 Å². The molecule has 0 spiro atoms. The number of hydrogen-bond acceptors (Lipinski definition) is 3. The zero-order valence-corrected chi connectivity index (χ0v) is 37.7. The standard InChI is InChI=1S/C55H57BN2S/c1-34-29-46-50-47(30-34)58(44-26-23-37(53(5,6)7)31-40(44)35-17-13-12-14-18-35)45-33-42-41(54(8,9)27-28-55(42,10)11)32-43(45)56(50)49-39-19-15-16-20-48(39)59-51(49)57(46)38-24-21-36(22-25-38)52(2,3)4/h12-26,29-33H,27-28H2,1-11H3. The van der Waals surface area contributed by atoms with E-state index in [2.05, 4.69) is 207 Å². The predicted octanol–water partition coefficient (Wildman–Crippen LogP) is 13.9. The summed E-state index contributed by atoms with van der Waals surface area (Å²) in [6, 6.07) is 47.2. The third-order valence-electron chi connectivity index (χ3n) is 13.9. The van der Waals surface area contributed by atoms with Crippen LogP contribution in [0.5, 0.6) is 0 Å². The van der Waals surface area contributed by atoms with Gasteiger partial charge < -0.3 is 9.80 Å². The lowest BCUT2D eigenvalue weighted by molar-refractivity contribution is 0.332. The van der Waals surface area contributed by atoms with E-state index >= 15 is 0 Å². The third kappa shape index (κ3) is 5.95. The highest BCUT2D eigenvalue weighted by molar-refractivity contribution is 7.26. The number of benzene rings is 6. The van der Waals surface area contributed by atoms with Crippen LogP contribution in [0.2, 0.25) is 0 Å². The van der Waals surface area contributed by atoms with Crippen molar-refractivity contribution in [3.05, 3.63) is 149 Å². The zero-order valence-electron chi connectivity index (χ0n) is 36.8. The molecule has 2 nitrogen and oxygen atoms in total. The second-order valence-corrected chi connectivity index (χ2v) is 22.0. The van der Waals surface area contributed by atoms with Crippen LogP contribution in [0.25, 0.3) is 21.2 Å². The summed E-state index contributed by atoms with van der Waals surface area (Å²) in [4.78, 5) is 5.27. The summed E-state index contributed by atoms with van der Waals surface area (Å²) >= 11 is 1.95. The zero-order chi connectivity index (χ0) is 41.4. The molecule has 0 fully saturated rings. The fourth-order valence-corrected chi connectivity index (χ4v) is 11.6. The minimum absolute atomic E-state index is 0.00356. The molecule has 0 radical (unpaired) electrons. The number of hydrogen-bond donors (Lipinski definition) is 0. The summed E-state index contributed by atoms with van der Waals surface area (Å²) in [5.41, 5.74) is 20.2. The molecule has 4 heteroatoms. The van der Waals surface area contributed by atoms with Gasteiger partial charge in [0.05, 0.1) is 10.7 Å². The normalized spacial score (nSPS) is 16.4. The number of thiophene rings is 1. The topological polar surface area (TPSA) is 6.48 Å². The molecular formula is C55H57BN2S. The van der Waals surface area contributed by atoms with Gasteiger partial charge >= 0.3 is 0 Å². The van der Waals surface area contributed by atoms with Crippen molar-refractivity contribution in [3.8, 4) is 11.1 Å². The molecule has 7 aromatic rings. The van der Waals surface area contributed by atoms with E-state index in [9.17, 15) is 0 Å². The van der Waals surface area contributed by atoms with Crippen LogP contribution in [0.15, 0.2) is 121 Å². The second-order valence-electron chi connectivity index (χ2n) is 21.0. The van der Waals surface area contributed by atoms with Crippen LogP contribution >= 0.6 is 11.3 Å². The molecule has 3 heterocycles. The molecule has 1 aliphatic carbocycles. The fraction of sp³-hybridized carbons (Fsp3) is 0.309. The smallest absolute Gasteiger partial charge is 0.254 e. The summed E-state index contributed by atoms with van der Waals surface area (Å²) in [6.45, 7) is 26.2. The van der Waals surface area contributed by atoms with E-state index < -0.39 is 0 Å². The van der Waals surface area contributed by atoms with Gasteiger partial charge in [0.1, 0.15) is 0 Å². The van der Waals surface area contributed by atoms with Crippen molar-refractivity contribution in [2.75, 3.05) is 9.80 Å². The molecule has 10 rings (SSSR count). The Hall–Kier alpha value is -5.06. The minimum atomic E-state index is 0.00356. The highest BCUT2D eigenvalue weighted by atomic mass is 32.1. The van der Waals surface area contributed by atoms with E-state index in [1.807, 2.05) is 11.3 Å². The monoisotopic (exact) mass is 788 g/mol. The van der Waals surface area contributed by atoms with Crippen molar-refractivity contribution in [1.82, 2.24) is 0 Å². The Morgan fingerprint density at radius 3 is 1.81 bits per heavy atom. The summed E-state index contributed by atoms with van der Waals surface area (Å²) in [5, 5.41) is 2.70. The Bertz CT molecular complexity index is 2810. The Labute approximate surface area is 357 Å². The molecule has 0 amide bonds. The predicted molar refractivity (Wildman–Crippen MR) is 259 cm³/mol. The molecular weight excluding hydrogens is 731 g/mol. The van der Waals surface area contributed by atoms with Crippen molar-refractivity contribution in [3.63, 3.8) is 0 Å². The molecule has 0 N–H and O–H groups in total. The maximum atomic E-state index is 2.67. The quantitative estimate of drug-likeness (QED) is 0.165. The molecule has 0 atom stereocenters. The van der Waals surface area contributed by atoms with Crippen molar-refractivity contribution in [1.29, 1.82) is 0 Å². The first-order chi connectivity index (χ1) is 27.9. The van der Waals surface area contributed by atoms with E-state index in [0.717, 1.165) is 0 Å². The van der Waals surface area contributed by atoms with Crippen LogP contribution in [-0.2, 0) is 21.7 Å². The average molecular weight is 789 g/mol. The lowest BCUT2D eigenvalue weighted by atomic mass is 9.33. The van der Waals surface area contributed by atoms with Gasteiger partial charge in [0.2, 0.25) is 0 Å². The van der Waals surface area contributed by atoms with E-state index in [1.54, 1.807) is 0 Å². The van der Waals surface area contributed by atoms with E-state index in [0.29, 0.717) is 0 Å². The van der Waals surface area contributed by atoms with Crippen LogP contribution in [0, 0.1) is 6.92 Å². The van der Waals surface area contributed by atoms with Gasteiger partial charge in [0.25, 0.3) is 6.71 Å². The van der Waals surface area contributed by atoms with Crippen LogP contribution in [0.4, 0.5) is 33.4 Å². The van der Waals surface area contributed by atoms with Crippen LogP contribution in [0.3, 0.4) is 0 Å². The van der Waals surface area contributed by atoms with Gasteiger partial charge in [-0.2, -0.15) is 0 Å². The van der Waals surface area contributed by atoms with E-state index in [-0.39, 0.29) is 28.4 Å². The third-order valence-corrected chi connectivity index (χ3v) is 15.1. The summed E-state index contributed by atoms with van der Waals surface area (Å²) in [7, 11) is 0. The van der Waals surface area contributed by atoms with Crippen LogP contribution < -0.4 is 26.2 Å². The molecule has 3 aliphatic rings. The average Bonchev–Trinajstić information content (AvgIpc) is 3.58. The molecule has 2 aliphatic heterocycles. The summed E-state index contributed by atoms with van der Waals surface area (Å²) < 4.78 is 1.34. The molecule has 1 aromatic heterocycles. The number of anilines is 6. The summed E-state index contributed by atoms with van der Waals surface area (Å²) in [5.74, 6) is 0. The van der Waals surface area contributed by atoms with Gasteiger partial charge in [0, 0.05) is 33.0 Å². The largest absolute Gasteiger partial charge is 0.311 e. The minimum Gasteiger partial charge on any atom is -0.311 e. The number of rotatable bonds is 3. The Kier molecular flexibility index (Phi) is 8.39. The lowest BCUT2D eigenvalue weighted by Gasteiger charge is -2.47. The first kappa shape index (κ1) is 38.2.